The number of aromatic nitrogens is 2. The lowest BCUT2D eigenvalue weighted by Crippen LogP contribution is -2.26. The first-order valence-corrected chi connectivity index (χ1v) is 7.13. The van der Waals surface area contributed by atoms with Crippen LogP contribution in [0.1, 0.15) is 32.5 Å². The van der Waals surface area contributed by atoms with E-state index in [2.05, 4.69) is 34.4 Å². The maximum Gasteiger partial charge on any atom is 0.132 e. The lowest BCUT2D eigenvalue weighted by Gasteiger charge is -2.20. The zero-order valence-corrected chi connectivity index (χ0v) is 12.1. The van der Waals surface area contributed by atoms with Crippen LogP contribution < -0.4 is 10.6 Å². The van der Waals surface area contributed by atoms with Gasteiger partial charge in [0.2, 0.25) is 0 Å². The van der Waals surface area contributed by atoms with Gasteiger partial charge in [0, 0.05) is 31.2 Å². The van der Waals surface area contributed by atoms with Gasteiger partial charge in [-0.05, 0) is 26.7 Å². The Morgan fingerprint density at radius 1 is 1.42 bits per heavy atom. The van der Waals surface area contributed by atoms with Crippen molar-refractivity contribution in [1.29, 1.82) is 0 Å². The minimum absolute atomic E-state index is 0.371. The number of anilines is 2. The van der Waals surface area contributed by atoms with Crippen molar-refractivity contribution in [1.82, 2.24) is 9.97 Å². The van der Waals surface area contributed by atoms with Gasteiger partial charge in [0.1, 0.15) is 17.5 Å². The van der Waals surface area contributed by atoms with Crippen LogP contribution in [0.25, 0.3) is 0 Å². The maximum absolute atomic E-state index is 5.43. The van der Waals surface area contributed by atoms with Crippen LogP contribution in [-0.2, 0) is 4.74 Å². The fourth-order valence-electron chi connectivity index (χ4n) is 2.28. The normalized spacial score (nSPS) is 20.3. The maximum atomic E-state index is 5.43. The molecule has 5 nitrogen and oxygen atoms in total. The van der Waals surface area contributed by atoms with Crippen molar-refractivity contribution >= 4 is 11.6 Å². The second-order valence-electron chi connectivity index (χ2n) is 5.17. The van der Waals surface area contributed by atoms with Gasteiger partial charge in [-0.15, -0.1) is 0 Å². The van der Waals surface area contributed by atoms with E-state index in [0.29, 0.717) is 12.0 Å². The Morgan fingerprint density at radius 3 is 2.89 bits per heavy atom. The molecule has 0 radical (unpaired) electrons. The van der Waals surface area contributed by atoms with Gasteiger partial charge in [-0.25, -0.2) is 9.97 Å². The molecule has 0 aromatic carbocycles. The molecule has 1 saturated heterocycles. The molecular weight excluding hydrogens is 240 g/mol. The largest absolute Gasteiger partial charge is 0.381 e. The first-order valence-electron chi connectivity index (χ1n) is 7.13. The molecule has 0 amide bonds. The highest BCUT2D eigenvalue weighted by molar-refractivity contribution is 5.48. The summed E-state index contributed by atoms with van der Waals surface area (Å²) in [6.07, 6.45) is 2.21. The van der Waals surface area contributed by atoms with Crippen LogP contribution in [0, 0.1) is 12.8 Å². The van der Waals surface area contributed by atoms with Gasteiger partial charge >= 0.3 is 0 Å². The Morgan fingerprint density at radius 2 is 2.21 bits per heavy atom. The fraction of sp³-hybridized carbons (Fsp3) is 0.714. The van der Waals surface area contributed by atoms with E-state index in [1.54, 1.807) is 0 Å². The number of ether oxygens (including phenoxy) is 1. The van der Waals surface area contributed by atoms with Crippen LogP contribution in [0.15, 0.2) is 6.07 Å². The van der Waals surface area contributed by atoms with E-state index in [9.17, 15) is 0 Å². The summed E-state index contributed by atoms with van der Waals surface area (Å²) < 4.78 is 5.43. The van der Waals surface area contributed by atoms with Gasteiger partial charge in [0.05, 0.1) is 6.61 Å². The molecule has 1 aliphatic heterocycles. The van der Waals surface area contributed by atoms with Gasteiger partial charge in [-0.1, -0.05) is 6.92 Å². The Kier molecular flexibility index (Phi) is 4.96. The van der Waals surface area contributed by atoms with Gasteiger partial charge in [-0.2, -0.15) is 0 Å². The van der Waals surface area contributed by atoms with E-state index >= 15 is 0 Å². The topological polar surface area (TPSA) is 59.1 Å². The SMILES string of the molecule is CCCNc1cc(NC(C)C2CCOC2)nc(C)n1. The zero-order chi connectivity index (χ0) is 13.7. The quantitative estimate of drug-likeness (QED) is 0.826. The van der Waals surface area contributed by atoms with Crippen LogP contribution in [0.2, 0.25) is 0 Å². The molecule has 0 saturated carbocycles. The molecule has 1 fully saturated rings. The average molecular weight is 264 g/mol. The lowest BCUT2D eigenvalue weighted by molar-refractivity contribution is 0.183. The van der Waals surface area contributed by atoms with E-state index in [1.165, 1.54) is 0 Å². The third-order valence-corrected chi connectivity index (χ3v) is 3.44. The summed E-state index contributed by atoms with van der Waals surface area (Å²) in [4.78, 5) is 8.84. The molecule has 2 unspecified atom stereocenters. The Bertz CT molecular complexity index is 404. The van der Waals surface area contributed by atoms with Gasteiger partial charge < -0.3 is 15.4 Å². The summed E-state index contributed by atoms with van der Waals surface area (Å²) in [6, 6.07) is 2.35. The molecule has 0 bridgehead atoms. The molecule has 5 heteroatoms. The number of hydrogen-bond donors (Lipinski definition) is 2. The Balaban J connectivity index is 2.00. The summed E-state index contributed by atoms with van der Waals surface area (Å²) in [6.45, 7) is 8.91. The van der Waals surface area contributed by atoms with Crippen molar-refractivity contribution in [3.05, 3.63) is 11.9 Å². The summed E-state index contributed by atoms with van der Waals surface area (Å²) in [5, 5.41) is 6.77. The Labute approximate surface area is 115 Å². The van der Waals surface area contributed by atoms with Crippen LogP contribution in [0.5, 0.6) is 0 Å². The van der Waals surface area contributed by atoms with Crippen molar-refractivity contribution < 1.29 is 4.74 Å². The number of hydrogen-bond acceptors (Lipinski definition) is 5. The molecule has 1 aromatic heterocycles. The van der Waals surface area contributed by atoms with Crippen molar-refractivity contribution in [3.8, 4) is 0 Å². The molecule has 0 aliphatic carbocycles. The summed E-state index contributed by atoms with van der Waals surface area (Å²) >= 11 is 0. The molecule has 2 N–H and O–H groups in total. The van der Waals surface area contributed by atoms with E-state index in [0.717, 1.165) is 50.1 Å². The van der Waals surface area contributed by atoms with E-state index < -0.39 is 0 Å². The number of nitrogens with one attached hydrogen (secondary N) is 2. The molecule has 19 heavy (non-hydrogen) atoms. The molecular formula is C14H24N4O. The standard InChI is InChI=1S/C14H24N4O/c1-4-6-15-13-8-14(18-11(3)17-13)16-10(2)12-5-7-19-9-12/h8,10,12H,4-7,9H2,1-3H3,(H2,15,16,17,18). The first kappa shape index (κ1) is 14.1. The third kappa shape index (κ3) is 4.06. The Hall–Kier alpha value is -1.36. The van der Waals surface area contributed by atoms with Crippen LogP contribution >= 0.6 is 0 Å². The van der Waals surface area contributed by atoms with Crippen LogP contribution in [0.3, 0.4) is 0 Å². The van der Waals surface area contributed by atoms with Gasteiger partial charge in [-0.3, -0.25) is 0 Å². The summed E-state index contributed by atoms with van der Waals surface area (Å²) in [5.41, 5.74) is 0. The highest BCUT2D eigenvalue weighted by Gasteiger charge is 2.22. The molecule has 0 spiro atoms. The van der Waals surface area contributed by atoms with Crippen molar-refractivity contribution in [3.63, 3.8) is 0 Å². The van der Waals surface area contributed by atoms with Crippen molar-refractivity contribution in [2.24, 2.45) is 5.92 Å². The smallest absolute Gasteiger partial charge is 0.132 e. The lowest BCUT2D eigenvalue weighted by atomic mass is 10.0. The monoisotopic (exact) mass is 264 g/mol. The molecule has 106 valence electrons. The van der Waals surface area contributed by atoms with E-state index in [-0.39, 0.29) is 0 Å². The summed E-state index contributed by atoms with van der Waals surface area (Å²) in [5.74, 6) is 3.15. The van der Waals surface area contributed by atoms with E-state index in [1.807, 2.05) is 13.0 Å². The van der Waals surface area contributed by atoms with Crippen LogP contribution in [-0.4, -0.2) is 35.8 Å². The summed E-state index contributed by atoms with van der Waals surface area (Å²) in [7, 11) is 0. The molecule has 1 aliphatic rings. The predicted octanol–water partition coefficient (Wildman–Crippen LogP) is 2.44. The van der Waals surface area contributed by atoms with Gasteiger partial charge in [0.15, 0.2) is 0 Å². The average Bonchev–Trinajstić information content (AvgIpc) is 2.89. The predicted molar refractivity (Wildman–Crippen MR) is 77.6 cm³/mol. The highest BCUT2D eigenvalue weighted by atomic mass is 16.5. The number of aryl methyl sites for hydroxylation is 1. The molecule has 2 atom stereocenters. The zero-order valence-electron chi connectivity index (χ0n) is 12.1. The third-order valence-electron chi connectivity index (χ3n) is 3.44. The van der Waals surface area contributed by atoms with Crippen molar-refractivity contribution in [2.45, 2.75) is 39.7 Å². The minimum Gasteiger partial charge on any atom is -0.381 e. The fourth-order valence-corrected chi connectivity index (χ4v) is 2.28. The molecule has 2 rings (SSSR count). The highest BCUT2D eigenvalue weighted by Crippen LogP contribution is 2.20. The number of rotatable bonds is 6. The van der Waals surface area contributed by atoms with E-state index in [4.69, 9.17) is 4.74 Å². The minimum atomic E-state index is 0.371. The second-order valence-corrected chi connectivity index (χ2v) is 5.17. The molecule has 2 heterocycles. The van der Waals surface area contributed by atoms with Crippen LogP contribution in [0.4, 0.5) is 11.6 Å². The number of nitrogens with zero attached hydrogens (tertiary/aromatic N) is 2. The second kappa shape index (κ2) is 6.70. The van der Waals surface area contributed by atoms with Crippen molar-refractivity contribution in [2.75, 3.05) is 30.4 Å². The molecule has 1 aromatic rings. The first-order chi connectivity index (χ1) is 9.19. The van der Waals surface area contributed by atoms with Gasteiger partial charge in [0.25, 0.3) is 0 Å².